The molecule has 1 amide bonds. The van der Waals surface area contributed by atoms with Gasteiger partial charge in [-0.15, -0.1) is 11.3 Å². The highest BCUT2D eigenvalue weighted by Gasteiger charge is 2.06. The van der Waals surface area contributed by atoms with E-state index in [4.69, 9.17) is 9.47 Å². The number of hydrogen-bond acceptors (Lipinski definition) is 5. The number of rotatable bonds is 9. The maximum absolute atomic E-state index is 11.9. The zero-order valence-electron chi connectivity index (χ0n) is 14.4. The van der Waals surface area contributed by atoms with E-state index in [2.05, 4.69) is 10.3 Å². The molecule has 0 unspecified atom stereocenters. The average Bonchev–Trinajstić information content (AvgIpc) is 3.00. The molecule has 0 atom stereocenters. The Morgan fingerprint density at radius 2 is 2.00 bits per heavy atom. The van der Waals surface area contributed by atoms with Gasteiger partial charge in [0.2, 0.25) is 5.91 Å². The molecule has 24 heavy (non-hydrogen) atoms. The van der Waals surface area contributed by atoms with Gasteiger partial charge in [-0.2, -0.15) is 0 Å². The van der Waals surface area contributed by atoms with E-state index in [-0.39, 0.29) is 5.91 Å². The second kappa shape index (κ2) is 9.27. The van der Waals surface area contributed by atoms with Crippen molar-refractivity contribution in [3.63, 3.8) is 0 Å². The molecular formula is C18H24N2O3S. The lowest BCUT2D eigenvalue weighted by Gasteiger charge is -2.09. The Balaban J connectivity index is 1.68. The summed E-state index contributed by atoms with van der Waals surface area (Å²) >= 11 is 1.64. The van der Waals surface area contributed by atoms with Crippen LogP contribution in [0.15, 0.2) is 23.6 Å². The molecule has 0 aliphatic carbocycles. The van der Waals surface area contributed by atoms with E-state index in [0.29, 0.717) is 13.0 Å². The van der Waals surface area contributed by atoms with Crippen molar-refractivity contribution < 1.29 is 14.3 Å². The van der Waals surface area contributed by atoms with Gasteiger partial charge in [0.15, 0.2) is 11.5 Å². The smallest absolute Gasteiger partial charge is 0.220 e. The van der Waals surface area contributed by atoms with Gasteiger partial charge in [0, 0.05) is 24.8 Å². The minimum absolute atomic E-state index is 0.0856. The Morgan fingerprint density at radius 1 is 1.21 bits per heavy atom. The Bertz CT molecular complexity index is 670. The molecule has 0 fully saturated rings. The molecule has 0 bridgehead atoms. The fourth-order valence-electron chi connectivity index (χ4n) is 2.43. The fraction of sp³-hybridized carbons (Fsp3) is 0.444. The second-order valence-electron chi connectivity index (χ2n) is 5.50. The van der Waals surface area contributed by atoms with Crippen LogP contribution in [-0.4, -0.2) is 31.7 Å². The van der Waals surface area contributed by atoms with Crippen LogP contribution in [0.3, 0.4) is 0 Å². The van der Waals surface area contributed by atoms with Gasteiger partial charge in [-0.25, -0.2) is 4.98 Å². The summed E-state index contributed by atoms with van der Waals surface area (Å²) in [5, 5.41) is 6.05. The van der Waals surface area contributed by atoms with Crippen molar-refractivity contribution in [2.24, 2.45) is 0 Å². The van der Waals surface area contributed by atoms with Crippen molar-refractivity contribution in [1.29, 1.82) is 0 Å². The molecule has 0 saturated heterocycles. The van der Waals surface area contributed by atoms with Crippen LogP contribution in [0.4, 0.5) is 0 Å². The van der Waals surface area contributed by atoms with Crippen molar-refractivity contribution in [2.75, 3.05) is 20.8 Å². The summed E-state index contributed by atoms with van der Waals surface area (Å²) in [5.74, 6) is 1.52. The Labute approximate surface area is 147 Å². The molecule has 1 heterocycles. The van der Waals surface area contributed by atoms with E-state index in [1.165, 1.54) is 0 Å². The summed E-state index contributed by atoms with van der Waals surface area (Å²) < 4.78 is 10.5. The molecule has 6 heteroatoms. The lowest BCUT2D eigenvalue weighted by atomic mass is 10.1. The molecule has 2 aromatic rings. The topological polar surface area (TPSA) is 60.5 Å². The third-order valence-electron chi connectivity index (χ3n) is 3.69. The molecule has 1 aromatic heterocycles. The first-order chi connectivity index (χ1) is 11.6. The predicted molar refractivity (Wildman–Crippen MR) is 96.0 cm³/mol. The summed E-state index contributed by atoms with van der Waals surface area (Å²) in [5.41, 5.74) is 2.18. The van der Waals surface area contributed by atoms with Crippen LogP contribution in [-0.2, 0) is 17.6 Å². The van der Waals surface area contributed by atoms with Crippen molar-refractivity contribution in [2.45, 2.75) is 32.6 Å². The zero-order valence-corrected chi connectivity index (χ0v) is 15.2. The van der Waals surface area contributed by atoms with Crippen LogP contribution < -0.4 is 14.8 Å². The number of nitrogens with one attached hydrogen (secondary N) is 1. The van der Waals surface area contributed by atoms with E-state index >= 15 is 0 Å². The van der Waals surface area contributed by atoms with Gasteiger partial charge in [-0.05, 0) is 37.5 Å². The number of ether oxygens (including phenoxy) is 2. The molecule has 5 nitrogen and oxygen atoms in total. The van der Waals surface area contributed by atoms with Gasteiger partial charge in [-0.1, -0.05) is 6.07 Å². The normalized spacial score (nSPS) is 10.5. The molecule has 0 spiro atoms. The third-order valence-corrected chi connectivity index (χ3v) is 4.51. The minimum Gasteiger partial charge on any atom is -0.493 e. The average molecular weight is 348 g/mol. The lowest BCUT2D eigenvalue weighted by molar-refractivity contribution is -0.121. The van der Waals surface area contributed by atoms with Crippen LogP contribution in [0.5, 0.6) is 11.5 Å². The molecule has 0 radical (unpaired) electrons. The summed E-state index contributed by atoms with van der Waals surface area (Å²) in [4.78, 5) is 16.3. The number of aromatic nitrogens is 1. The Morgan fingerprint density at radius 3 is 2.67 bits per heavy atom. The monoisotopic (exact) mass is 348 g/mol. The van der Waals surface area contributed by atoms with Crippen molar-refractivity contribution in [3.05, 3.63) is 39.8 Å². The molecule has 1 N–H and O–H groups in total. The molecule has 0 aliphatic rings. The van der Waals surface area contributed by atoms with Crippen LogP contribution >= 0.6 is 11.3 Å². The summed E-state index contributed by atoms with van der Waals surface area (Å²) in [6.45, 7) is 2.62. The van der Waals surface area contributed by atoms with Crippen molar-refractivity contribution in [1.82, 2.24) is 10.3 Å². The maximum Gasteiger partial charge on any atom is 0.220 e. The number of carbonyl (C=O) groups is 1. The molecule has 1 aromatic carbocycles. The van der Waals surface area contributed by atoms with E-state index in [0.717, 1.165) is 47.0 Å². The van der Waals surface area contributed by atoms with E-state index in [1.54, 1.807) is 25.6 Å². The summed E-state index contributed by atoms with van der Waals surface area (Å²) in [6.07, 6.45) is 2.94. The quantitative estimate of drug-likeness (QED) is 0.756. The van der Waals surface area contributed by atoms with Crippen LogP contribution in [0.25, 0.3) is 0 Å². The molecule has 2 rings (SSSR count). The van der Waals surface area contributed by atoms with E-state index in [9.17, 15) is 4.79 Å². The number of aryl methyl sites for hydroxylation is 2. The number of thiazole rings is 1. The lowest BCUT2D eigenvalue weighted by Crippen LogP contribution is -2.25. The van der Waals surface area contributed by atoms with Gasteiger partial charge in [-0.3, -0.25) is 4.79 Å². The number of methoxy groups -OCH3 is 2. The van der Waals surface area contributed by atoms with Crippen LogP contribution in [0.2, 0.25) is 0 Å². The van der Waals surface area contributed by atoms with Gasteiger partial charge in [0.1, 0.15) is 0 Å². The zero-order chi connectivity index (χ0) is 17.4. The van der Waals surface area contributed by atoms with Gasteiger partial charge < -0.3 is 14.8 Å². The van der Waals surface area contributed by atoms with Crippen molar-refractivity contribution in [3.8, 4) is 11.5 Å². The number of hydrogen-bond donors (Lipinski definition) is 1. The highest BCUT2D eigenvalue weighted by molar-refractivity contribution is 7.09. The summed E-state index contributed by atoms with van der Waals surface area (Å²) in [6, 6.07) is 5.86. The van der Waals surface area contributed by atoms with Crippen LogP contribution in [0, 0.1) is 6.92 Å². The first-order valence-corrected chi connectivity index (χ1v) is 8.89. The Kier molecular flexibility index (Phi) is 7.06. The van der Waals surface area contributed by atoms with Gasteiger partial charge in [0.25, 0.3) is 0 Å². The third kappa shape index (κ3) is 5.53. The minimum atomic E-state index is 0.0856. The van der Waals surface area contributed by atoms with Crippen LogP contribution in [0.1, 0.15) is 29.1 Å². The van der Waals surface area contributed by atoms with E-state index < -0.39 is 0 Å². The number of nitrogens with zero attached hydrogens (tertiary/aromatic N) is 1. The van der Waals surface area contributed by atoms with Crippen molar-refractivity contribution >= 4 is 17.2 Å². The Hall–Kier alpha value is -2.08. The molecule has 0 saturated carbocycles. The fourth-order valence-corrected chi connectivity index (χ4v) is 3.08. The molecular weight excluding hydrogens is 324 g/mol. The first-order valence-electron chi connectivity index (χ1n) is 8.01. The maximum atomic E-state index is 11.9. The van der Waals surface area contributed by atoms with Gasteiger partial charge >= 0.3 is 0 Å². The highest BCUT2D eigenvalue weighted by Crippen LogP contribution is 2.28. The van der Waals surface area contributed by atoms with E-state index in [1.807, 2.05) is 30.5 Å². The number of benzene rings is 1. The summed E-state index contributed by atoms with van der Waals surface area (Å²) in [7, 11) is 3.24. The number of carbonyl (C=O) groups excluding carboxylic acids is 1. The highest BCUT2D eigenvalue weighted by atomic mass is 32.1. The predicted octanol–water partition coefficient (Wildman–Crippen LogP) is 3.15. The molecule has 0 aliphatic heterocycles. The second-order valence-corrected chi connectivity index (χ2v) is 6.56. The largest absolute Gasteiger partial charge is 0.493 e. The molecule has 130 valence electrons. The number of amides is 1. The van der Waals surface area contributed by atoms with Gasteiger partial charge in [0.05, 0.1) is 24.9 Å². The first kappa shape index (κ1) is 18.3. The SMILES string of the molecule is COc1ccc(CCCC(=O)NCCc2csc(C)n2)cc1OC. The standard InChI is InChI=1S/C18H24N2O3S/c1-13-20-15(12-24-13)9-10-19-18(21)6-4-5-14-7-8-16(22-2)17(11-14)23-3/h7-8,11-12H,4-6,9-10H2,1-3H3,(H,19,21).